The lowest BCUT2D eigenvalue weighted by Gasteiger charge is -2.10. The van der Waals surface area contributed by atoms with Gasteiger partial charge in [0.15, 0.2) is 5.78 Å². The quantitative estimate of drug-likeness (QED) is 0.577. The van der Waals surface area contributed by atoms with Crippen LogP contribution >= 0.6 is 0 Å². The van der Waals surface area contributed by atoms with Crippen molar-refractivity contribution in [2.24, 2.45) is 0 Å². The normalized spacial score (nSPS) is 11.6. The number of Topliss-reactive ketones (excluding diaryl/α,β-unsaturated/α-hetero) is 1. The first-order valence-corrected chi connectivity index (χ1v) is 8.35. The SMILES string of the molecule is Cc1ccc(C(=O)CCc2cc(-c3ccccc3C(F)(F)F)no2)c(C)n1. The van der Waals surface area contributed by atoms with E-state index in [9.17, 15) is 18.0 Å². The molecule has 0 saturated carbocycles. The largest absolute Gasteiger partial charge is 0.417 e. The van der Waals surface area contributed by atoms with Crippen LogP contribution < -0.4 is 0 Å². The molecular weight excluding hydrogens is 357 g/mol. The van der Waals surface area contributed by atoms with Crippen molar-refractivity contribution in [3.8, 4) is 11.3 Å². The fraction of sp³-hybridized carbons (Fsp3) is 0.250. The monoisotopic (exact) mass is 374 g/mol. The highest BCUT2D eigenvalue weighted by Crippen LogP contribution is 2.36. The number of benzene rings is 1. The molecule has 0 aliphatic heterocycles. The Hall–Kier alpha value is -2.96. The van der Waals surface area contributed by atoms with Gasteiger partial charge in [-0.25, -0.2) is 0 Å². The predicted octanol–water partition coefficient (Wildman–Crippen LogP) is 5.19. The number of hydrogen-bond donors (Lipinski definition) is 0. The van der Waals surface area contributed by atoms with E-state index in [4.69, 9.17) is 4.52 Å². The van der Waals surface area contributed by atoms with Crippen molar-refractivity contribution in [2.45, 2.75) is 32.9 Å². The van der Waals surface area contributed by atoms with E-state index in [0.717, 1.165) is 11.8 Å². The van der Waals surface area contributed by atoms with Crippen molar-refractivity contribution in [1.82, 2.24) is 10.1 Å². The van der Waals surface area contributed by atoms with Gasteiger partial charge >= 0.3 is 6.18 Å². The number of ketones is 1. The van der Waals surface area contributed by atoms with E-state index in [1.165, 1.54) is 24.3 Å². The van der Waals surface area contributed by atoms with E-state index in [1.807, 2.05) is 6.92 Å². The molecule has 3 rings (SSSR count). The highest BCUT2D eigenvalue weighted by atomic mass is 19.4. The number of aromatic nitrogens is 2. The molecule has 0 saturated heterocycles. The minimum atomic E-state index is -4.48. The summed E-state index contributed by atoms with van der Waals surface area (Å²) in [6, 6.07) is 10.1. The van der Waals surface area contributed by atoms with Gasteiger partial charge in [0.2, 0.25) is 0 Å². The van der Waals surface area contributed by atoms with Crippen molar-refractivity contribution in [3.05, 3.63) is 70.7 Å². The molecule has 0 unspecified atom stereocenters. The van der Waals surface area contributed by atoms with Crippen LogP contribution in [0.4, 0.5) is 13.2 Å². The Morgan fingerprint density at radius 2 is 1.85 bits per heavy atom. The molecule has 1 aromatic carbocycles. The van der Waals surface area contributed by atoms with E-state index in [2.05, 4.69) is 10.1 Å². The smallest absolute Gasteiger partial charge is 0.361 e. The lowest BCUT2D eigenvalue weighted by Crippen LogP contribution is -2.06. The average molecular weight is 374 g/mol. The van der Waals surface area contributed by atoms with Gasteiger partial charge in [-0.15, -0.1) is 0 Å². The van der Waals surface area contributed by atoms with Crippen LogP contribution in [0.15, 0.2) is 47.0 Å². The van der Waals surface area contributed by atoms with Crippen LogP contribution in [-0.2, 0) is 12.6 Å². The summed E-state index contributed by atoms with van der Waals surface area (Å²) in [5, 5.41) is 3.74. The second kappa shape index (κ2) is 7.34. The van der Waals surface area contributed by atoms with E-state index in [-0.39, 0.29) is 29.9 Å². The summed E-state index contributed by atoms with van der Waals surface area (Å²) < 4.78 is 44.6. The molecular formula is C20H17F3N2O2. The first-order chi connectivity index (χ1) is 12.8. The first-order valence-electron chi connectivity index (χ1n) is 8.35. The van der Waals surface area contributed by atoms with Gasteiger partial charge in [0.1, 0.15) is 11.5 Å². The minimum Gasteiger partial charge on any atom is -0.361 e. The molecule has 7 heteroatoms. The summed E-state index contributed by atoms with van der Waals surface area (Å²) in [5.41, 5.74) is 1.28. The van der Waals surface area contributed by atoms with E-state index >= 15 is 0 Å². The second-order valence-corrected chi connectivity index (χ2v) is 6.23. The molecule has 0 aliphatic rings. The third-order valence-electron chi connectivity index (χ3n) is 4.19. The topological polar surface area (TPSA) is 56.0 Å². The van der Waals surface area contributed by atoms with Gasteiger partial charge in [0.05, 0.1) is 5.56 Å². The fourth-order valence-corrected chi connectivity index (χ4v) is 2.86. The molecule has 0 bridgehead atoms. The van der Waals surface area contributed by atoms with Crippen molar-refractivity contribution in [3.63, 3.8) is 0 Å². The van der Waals surface area contributed by atoms with Gasteiger partial charge in [-0.05, 0) is 32.0 Å². The highest BCUT2D eigenvalue weighted by molar-refractivity contribution is 5.97. The molecule has 4 nitrogen and oxygen atoms in total. The summed E-state index contributed by atoms with van der Waals surface area (Å²) >= 11 is 0. The molecule has 0 atom stereocenters. The lowest BCUT2D eigenvalue weighted by atomic mass is 10.0. The first kappa shape index (κ1) is 18.8. The molecule has 140 valence electrons. The Labute approximate surface area is 154 Å². The zero-order valence-electron chi connectivity index (χ0n) is 14.8. The molecule has 0 spiro atoms. The molecule has 0 radical (unpaired) electrons. The zero-order chi connectivity index (χ0) is 19.6. The standard InChI is InChI=1S/C20H17F3N2O2/c1-12-7-9-15(13(2)24-12)19(26)10-8-14-11-18(25-27-14)16-5-3-4-6-17(16)20(21,22)23/h3-7,9,11H,8,10H2,1-2H3. The Kier molecular flexibility index (Phi) is 5.12. The van der Waals surface area contributed by atoms with E-state index in [0.29, 0.717) is 17.0 Å². The van der Waals surface area contributed by atoms with Crippen LogP contribution in [-0.4, -0.2) is 15.9 Å². The van der Waals surface area contributed by atoms with Gasteiger partial charge in [-0.2, -0.15) is 13.2 Å². The van der Waals surface area contributed by atoms with Crippen LogP contribution in [0.5, 0.6) is 0 Å². The third kappa shape index (κ3) is 4.24. The Balaban J connectivity index is 1.75. The van der Waals surface area contributed by atoms with Gasteiger partial charge in [-0.3, -0.25) is 9.78 Å². The molecule has 0 fully saturated rings. The molecule has 0 aliphatic carbocycles. The number of nitrogens with zero attached hydrogens (tertiary/aromatic N) is 2. The highest BCUT2D eigenvalue weighted by Gasteiger charge is 2.34. The summed E-state index contributed by atoms with van der Waals surface area (Å²) in [7, 11) is 0. The van der Waals surface area contributed by atoms with Crippen molar-refractivity contribution in [1.29, 1.82) is 0 Å². The van der Waals surface area contributed by atoms with Crippen molar-refractivity contribution >= 4 is 5.78 Å². The number of rotatable bonds is 5. The fourth-order valence-electron chi connectivity index (χ4n) is 2.86. The van der Waals surface area contributed by atoms with Crippen molar-refractivity contribution < 1.29 is 22.5 Å². The van der Waals surface area contributed by atoms with Gasteiger partial charge in [0, 0.05) is 41.4 Å². The van der Waals surface area contributed by atoms with E-state index in [1.54, 1.807) is 19.1 Å². The zero-order valence-corrected chi connectivity index (χ0v) is 14.8. The minimum absolute atomic E-state index is 0.0510. The maximum Gasteiger partial charge on any atom is 0.417 e. The van der Waals surface area contributed by atoms with Crippen LogP contribution in [0, 0.1) is 13.8 Å². The summed E-state index contributed by atoms with van der Waals surface area (Å²) in [5.74, 6) is 0.252. The molecule has 0 N–H and O–H groups in total. The average Bonchev–Trinajstić information content (AvgIpc) is 3.08. The predicted molar refractivity (Wildman–Crippen MR) is 93.3 cm³/mol. The van der Waals surface area contributed by atoms with Crippen LogP contribution in [0.1, 0.15) is 39.5 Å². The van der Waals surface area contributed by atoms with Gasteiger partial charge < -0.3 is 4.52 Å². The molecule has 27 heavy (non-hydrogen) atoms. The number of carbonyl (C=O) groups is 1. The Morgan fingerprint density at radius 3 is 2.56 bits per heavy atom. The Morgan fingerprint density at radius 1 is 1.11 bits per heavy atom. The summed E-state index contributed by atoms with van der Waals surface area (Å²) in [6.45, 7) is 3.61. The molecule has 3 aromatic rings. The number of alkyl halides is 3. The van der Waals surface area contributed by atoms with Gasteiger partial charge in [-0.1, -0.05) is 23.4 Å². The lowest BCUT2D eigenvalue weighted by molar-refractivity contribution is -0.137. The van der Waals surface area contributed by atoms with Crippen LogP contribution in [0.25, 0.3) is 11.3 Å². The molecule has 2 heterocycles. The third-order valence-corrected chi connectivity index (χ3v) is 4.19. The van der Waals surface area contributed by atoms with Gasteiger partial charge in [0.25, 0.3) is 0 Å². The van der Waals surface area contributed by atoms with Crippen LogP contribution in [0.3, 0.4) is 0 Å². The summed E-state index contributed by atoms with van der Waals surface area (Å²) in [6.07, 6.45) is -4.09. The maximum absolute atomic E-state index is 13.1. The molecule has 0 amide bonds. The van der Waals surface area contributed by atoms with Crippen LogP contribution in [0.2, 0.25) is 0 Å². The number of carbonyl (C=O) groups excluding carboxylic acids is 1. The number of pyridine rings is 1. The number of halogens is 3. The van der Waals surface area contributed by atoms with Crippen molar-refractivity contribution in [2.75, 3.05) is 0 Å². The molecule has 2 aromatic heterocycles. The number of hydrogen-bond acceptors (Lipinski definition) is 4. The maximum atomic E-state index is 13.1. The second-order valence-electron chi connectivity index (χ2n) is 6.23. The van der Waals surface area contributed by atoms with E-state index < -0.39 is 11.7 Å². The summed E-state index contributed by atoms with van der Waals surface area (Å²) in [4.78, 5) is 16.6. The number of aryl methyl sites for hydroxylation is 3. The Bertz CT molecular complexity index is 977.